The summed E-state index contributed by atoms with van der Waals surface area (Å²) in [6.07, 6.45) is 2.39. The molecule has 2 aliphatic heterocycles. The largest absolute Gasteiger partial charge is 0.354 e. The van der Waals surface area contributed by atoms with E-state index in [1.54, 1.807) is 0 Å². The predicted octanol–water partition coefficient (Wildman–Crippen LogP) is 3.78. The molecule has 2 atom stereocenters. The topological polar surface area (TPSA) is 77.0 Å². The zero-order valence-electron chi connectivity index (χ0n) is 18.9. The van der Waals surface area contributed by atoms with E-state index < -0.39 is 0 Å². The van der Waals surface area contributed by atoms with Crippen molar-refractivity contribution in [3.05, 3.63) is 52.2 Å². The molecule has 2 amide bonds. The first kappa shape index (κ1) is 22.3. The summed E-state index contributed by atoms with van der Waals surface area (Å²) in [5.74, 6) is 1.20. The van der Waals surface area contributed by atoms with Gasteiger partial charge >= 0.3 is 0 Å². The third-order valence-electron chi connectivity index (χ3n) is 5.74. The summed E-state index contributed by atoms with van der Waals surface area (Å²) in [6.45, 7) is 6.89. The summed E-state index contributed by atoms with van der Waals surface area (Å²) in [5.41, 5.74) is 5.28. The highest BCUT2D eigenvalue weighted by atomic mass is 32.1. The van der Waals surface area contributed by atoms with Crippen molar-refractivity contribution in [3.8, 4) is 0 Å². The number of amidine groups is 1. The fourth-order valence-electron chi connectivity index (χ4n) is 4.18. The van der Waals surface area contributed by atoms with Gasteiger partial charge in [0.2, 0.25) is 12.2 Å². The van der Waals surface area contributed by atoms with E-state index >= 15 is 0 Å². The molecule has 7 nitrogen and oxygen atoms in total. The van der Waals surface area contributed by atoms with Gasteiger partial charge in [-0.05, 0) is 42.7 Å². The molecule has 0 spiro atoms. The Bertz CT molecular complexity index is 987. The molecule has 1 aromatic carbocycles. The van der Waals surface area contributed by atoms with Crippen LogP contribution in [-0.4, -0.2) is 41.4 Å². The van der Waals surface area contributed by atoms with Gasteiger partial charge in [0.25, 0.3) is 5.91 Å². The van der Waals surface area contributed by atoms with Crippen LogP contribution in [-0.2, 0) is 11.2 Å². The van der Waals surface area contributed by atoms with Crippen molar-refractivity contribution in [3.63, 3.8) is 0 Å². The monoisotopic (exact) mass is 453 g/mol. The van der Waals surface area contributed by atoms with Gasteiger partial charge in [0.15, 0.2) is 0 Å². The van der Waals surface area contributed by atoms with Gasteiger partial charge in [0.1, 0.15) is 10.7 Å². The zero-order valence-corrected chi connectivity index (χ0v) is 19.7. The minimum atomic E-state index is -0.324. The third kappa shape index (κ3) is 4.80. The number of anilines is 1. The average molecular weight is 454 g/mol. The lowest BCUT2D eigenvalue weighted by molar-refractivity contribution is -0.121. The molecule has 2 unspecified atom stereocenters. The lowest BCUT2D eigenvalue weighted by Crippen LogP contribution is -2.59. The van der Waals surface area contributed by atoms with Crippen molar-refractivity contribution in [1.82, 2.24) is 15.6 Å². The highest BCUT2D eigenvalue weighted by Gasteiger charge is 2.43. The molecule has 170 valence electrons. The quantitative estimate of drug-likeness (QED) is 0.606. The fourth-order valence-corrected chi connectivity index (χ4v) is 5.02. The Morgan fingerprint density at radius 3 is 2.72 bits per heavy atom. The van der Waals surface area contributed by atoms with E-state index in [1.807, 2.05) is 41.5 Å². The summed E-state index contributed by atoms with van der Waals surface area (Å²) in [5, 5.41) is 9.55. The molecule has 0 bridgehead atoms. The number of rotatable bonds is 9. The number of carbonyl (C=O) groups is 2. The van der Waals surface area contributed by atoms with Crippen LogP contribution in [0.5, 0.6) is 0 Å². The van der Waals surface area contributed by atoms with Crippen LogP contribution in [0, 0.1) is 5.92 Å². The summed E-state index contributed by atoms with van der Waals surface area (Å²) in [7, 11) is 0. The molecule has 1 aromatic heterocycles. The van der Waals surface area contributed by atoms with Crippen molar-refractivity contribution < 1.29 is 9.59 Å². The van der Waals surface area contributed by atoms with E-state index in [2.05, 4.69) is 46.7 Å². The zero-order chi connectivity index (χ0) is 22.7. The molecule has 8 heteroatoms. The van der Waals surface area contributed by atoms with Gasteiger partial charge in [-0.1, -0.05) is 44.2 Å². The molecule has 2 aliphatic rings. The Labute approximate surface area is 193 Å². The minimum absolute atomic E-state index is 0.0226. The number of aryl methyl sites for hydroxylation is 1. The second-order valence-electron chi connectivity index (χ2n) is 8.88. The molecular formula is C24H31N5O2S. The highest BCUT2D eigenvalue weighted by molar-refractivity contribution is 7.12. The molecule has 2 N–H and O–H groups in total. The van der Waals surface area contributed by atoms with E-state index in [0.29, 0.717) is 25.3 Å². The Balaban J connectivity index is 1.34. The number of benzene rings is 1. The standard InChI is InChI=1S/C24H31N5O2S/c1-16(2)15-28-23(31)22-19(13-14-32-22)29-20(26-27-24(28)29)11-12-21(30)25-17(3)9-10-18-7-5-4-6-8-18/h4-8,13-14,16-17,24,27H,9-12,15H2,1-3H3,(H,25,30). The van der Waals surface area contributed by atoms with Gasteiger partial charge in [-0.3, -0.25) is 24.8 Å². The molecule has 0 fully saturated rings. The van der Waals surface area contributed by atoms with Gasteiger partial charge < -0.3 is 5.32 Å². The average Bonchev–Trinajstić information content (AvgIpc) is 3.41. The Kier molecular flexibility index (Phi) is 6.79. The van der Waals surface area contributed by atoms with E-state index in [-0.39, 0.29) is 24.1 Å². The molecule has 4 rings (SSSR count). The van der Waals surface area contributed by atoms with Gasteiger partial charge in [-0.25, -0.2) is 0 Å². The van der Waals surface area contributed by atoms with Crippen LogP contribution in [0.4, 0.5) is 5.69 Å². The van der Waals surface area contributed by atoms with Crippen LogP contribution in [0.15, 0.2) is 46.9 Å². The van der Waals surface area contributed by atoms with E-state index in [1.165, 1.54) is 16.9 Å². The van der Waals surface area contributed by atoms with Gasteiger partial charge in [0.05, 0.1) is 5.69 Å². The predicted molar refractivity (Wildman–Crippen MR) is 129 cm³/mol. The number of amides is 2. The lowest BCUT2D eigenvalue weighted by atomic mass is 10.1. The number of carbonyl (C=O) groups excluding carboxylic acids is 2. The number of hydrogen-bond donors (Lipinski definition) is 2. The number of thiophene rings is 1. The second kappa shape index (κ2) is 9.73. The first-order valence-electron chi connectivity index (χ1n) is 11.3. The fraction of sp³-hybridized carbons (Fsp3) is 0.458. The molecule has 2 aromatic rings. The number of nitrogens with zero attached hydrogens (tertiary/aromatic N) is 3. The molecule has 0 saturated carbocycles. The molecule has 0 radical (unpaired) electrons. The minimum Gasteiger partial charge on any atom is -0.354 e. The molecule has 0 saturated heterocycles. The molecular weight excluding hydrogens is 422 g/mol. The number of hydrazone groups is 1. The van der Waals surface area contributed by atoms with Gasteiger partial charge in [0, 0.05) is 25.4 Å². The summed E-state index contributed by atoms with van der Waals surface area (Å²) in [6, 6.07) is 12.4. The van der Waals surface area contributed by atoms with E-state index in [4.69, 9.17) is 0 Å². The van der Waals surface area contributed by atoms with Crippen LogP contribution in [0.2, 0.25) is 0 Å². The maximum atomic E-state index is 13.0. The van der Waals surface area contributed by atoms with Crippen LogP contribution in [0.25, 0.3) is 0 Å². The van der Waals surface area contributed by atoms with E-state index in [9.17, 15) is 9.59 Å². The lowest BCUT2D eigenvalue weighted by Gasteiger charge is -2.40. The second-order valence-corrected chi connectivity index (χ2v) is 9.80. The number of fused-ring (bicyclic) bond motifs is 3. The Morgan fingerprint density at radius 2 is 1.97 bits per heavy atom. The van der Waals surface area contributed by atoms with Crippen LogP contribution in [0.3, 0.4) is 0 Å². The highest BCUT2D eigenvalue weighted by Crippen LogP contribution is 2.37. The molecule has 0 aliphatic carbocycles. The van der Waals surface area contributed by atoms with Gasteiger partial charge in [-0.2, -0.15) is 5.10 Å². The normalized spacial score (nSPS) is 18.2. The van der Waals surface area contributed by atoms with Crippen molar-refractivity contribution in [2.24, 2.45) is 11.0 Å². The Hall–Kier alpha value is -2.87. The maximum absolute atomic E-state index is 13.0. The summed E-state index contributed by atoms with van der Waals surface area (Å²) >= 11 is 1.46. The maximum Gasteiger partial charge on any atom is 0.269 e. The van der Waals surface area contributed by atoms with Crippen LogP contribution < -0.4 is 15.6 Å². The summed E-state index contributed by atoms with van der Waals surface area (Å²) < 4.78 is 0. The first-order valence-corrected chi connectivity index (χ1v) is 12.1. The number of nitrogens with one attached hydrogen (secondary N) is 2. The van der Waals surface area contributed by atoms with Crippen LogP contribution in [0.1, 0.15) is 55.3 Å². The third-order valence-corrected chi connectivity index (χ3v) is 6.63. The smallest absolute Gasteiger partial charge is 0.269 e. The molecule has 3 heterocycles. The number of hydrogen-bond acceptors (Lipinski definition) is 6. The van der Waals surface area contributed by atoms with Crippen molar-refractivity contribution in [2.75, 3.05) is 11.4 Å². The van der Waals surface area contributed by atoms with Gasteiger partial charge in [-0.15, -0.1) is 11.3 Å². The van der Waals surface area contributed by atoms with Crippen LogP contribution >= 0.6 is 11.3 Å². The van der Waals surface area contributed by atoms with Crippen molar-refractivity contribution >= 4 is 34.7 Å². The van der Waals surface area contributed by atoms with E-state index in [0.717, 1.165) is 29.2 Å². The van der Waals surface area contributed by atoms with Crippen molar-refractivity contribution in [2.45, 2.75) is 58.8 Å². The molecule has 32 heavy (non-hydrogen) atoms. The Morgan fingerprint density at radius 1 is 1.19 bits per heavy atom. The first-order chi connectivity index (χ1) is 15.4. The SMILES string of the molecule is CC(C)CN1C(=O)c2sccc2N2C(CCC(=O)NC(C)CCc3ccccc3)=NNC12. The summed E-state index contributed by atoms with van der Waals surface area (Å²) in [4.78, 5) is 30.2. The van der Waals surface area contributed by atoms with Crippen molar-refractivity contribution in [1.29, 1.82) is 0 Å².